The molecule has 5 heterocycles. The SMILES string of the molecule is Cc1ccoc1C(=O)NC[C@H]1[C@H]2CN(Cc3c(C)noc3C)C[C@]23CC[C@H]1O3. The topological polar surface area (TPSA) is 80.7 Å². The van der Waals surface area contributed by atoms with Gasteiger partial charge in [-0.25, -0.2) is 0 Å². The van der Waals surface area contributed by atoms with Crippen LogP contribution in [0, 0.1) is 32.6 Å². The van der Waals surface area contributed by atoms with Gasteiger partial charge in [-0.1, -0.05) is 5.16 Å². The molecule has 3 aliphatic rings. The molecule has 1 N–H and O–H groups in total. The lowest BCUT2D eigenvalue weighted by Crippen LogP contribution is -2.41. The summed E-state index contributed by atoms with van der Waals surface area (Å²) < 4.78 is 17.1. The molecule has 3 aliphatic heterocycles. The third-order valence-electron chi connectivity index (χ3n) is 6.98. The van der Waals surface area contributed by atoms with Gasteiger partial charge < -0.3 is 19.0 Å². The Kier molecular flexibility index (Phi) is 4.14. The molecule has 0 unspecified atom stereocenters. The second-order valence-corrected chi connectivity index (χ2v) is 8.65. The molecule has 7 nitrogen and oxygen atoms in total. The number of carbonyl (C=O) groups excluding carboxylic acids is 1. The summed E-state index contributed by atoms with van der Waals surface area (Å²) in [5, 5.41) is 7.17. The summed E-state index contributed by atoms with van der Waals surface area (Å²) in [6.45, 7) is 9.27. The number of aromatic nitrogens is 1. The quantitative estimate of drug-likeness (QED) is 0.852. The highest BCUT2D eigenvalue weighted by Crippen LogP contribution is 2.54. The molecule has 3 fully saturated rings. The highest BCUT2D eigenvalue weighted by Gasteiger charge is 2.62. The fraction of sp³-hybridized carbons (Fsp3) is 0.619. The fourth-order valence-electron chi connectivity index (χ4n) is 5.53. The highest BCUT2D eigenvalue weighted by atomic mass is 16.5. The van der Waals surface area contributed by atoms with Gasteiger partial charge in [0.15, 0.2) is 5.76 Å². The van der Waals surface area contributed by atoms with Crippen LogP contribution in [0.15, 0.2) is 21.3 Å². The Morgan fingerprint density at radius 1 is 1.39 bits per heavy atom. The average Bonchev–Trinajstić information content (AvgIpc) is 3.45. The van der Waals surface area contributed by atoms with Crippen molar-refractivity contribution in [3.63, 3.8) is 0 Å². The standard InChI is InChI=1S/C21H27N3O4/c1-12-5-7-26-19(12)20(25)22-8-15-17-10-24(9-16-13(2)23-28-14(16)3)11-21(17)6-4-18(15)27-21/h5,7,15,17-18H,4,6,8-11H2,1-3H3,(H,22,25)/t15-,17+,18+,21+/m0/s1. The van der Waals surface area contributed by atoms with Crippen molar-refractivity contribution < 1.29 is 18.5 Å². The smallest absolute Gasteiger partial charge is 0.287 e. The molecule has 1 spiro atoms. The summed E-state index contributed by atoms with van der Waals surface area (Å²) in [5.74, 6) is 1.97. The van der Waals surface area contributed by atoms with E-state index in [1.54, 1.807) is 6.26 Å². The molecule has 2 bridgehead atoms. The molecule has 0 radical (unpaired) electrons. The number of aryl methyl sites for hydroxylation is 3. The summed E-state index contributed by atoms with van der Waals surface area (Å²) in [4.78, 5) is 14.9. The maximum atomic E-state index is 12.5. The van der Waals surface area contributed by atoms with Crippen LogP contribution in [0.4, 0.5) is 0 Å². The zero-order valence-electron chi connectivity index (χ0n) is 16.7. The van der Waals surface area contributed by atoms with E-state index in [-0.39, 0.29) is 17.6 Å². The Morgan fingerprint density at radius 2 is 2.25 bits per heavy atom. The summed E-state index contributed by atoms with van der Waals surface area (Å²) in [6.07, 6.45) is 4.01. The lowest BCUT2D eigenvalue weighted by Gasteiger charge is -2.29. The first kappa shape index (κ1) is 17.9. The van der Waals surface area contributed by atoms with E-state index in [1.165, 1.54) is 5.56 Å². The monoisotopic (exact) mass is 385 g/mol. The molecule has 150 valence electrons. The molecule has 2 aromatic rings. The van der Waals surface area contributed by atoms with Crippen molar-refractivity contribution in [3.05, 3.63) is 40.7 Å². The third-order valence-corrected chi connectivity index (χ3v) is 6.98. The predicted molar refractivity (Wildman–Crippen MR) is 101 cm³/mol. The first-order valence-electron chi connectivity index (χ1n) is 10.1. The van der Waals surface area contributed by atoms with Gasteiger partial charge in [-0.15, -0.1) is 0 Å². The van der Waals surface area contributed by atoms with Gasteiger partial charge in [-0.3, -0.25) is 9.69 Å². The van der Waals surface area contributed by atoms with E-state index in [4.69, 9.17) is 13.7 Å². The van der Waals surface area contributed by atoms with Gasteiger partial charge in [0.2, 0.25) is 0 Å². The molecule has 1 amide bonds. The molecule has 0 saturated carbocycles. The summed E-state index contributed by atoms with van der Waals surface area (Å²) in [6, 6.07) is 1.81. The largest absolute Gasteiger partial charge is 0.459 e. The van der Waals surface area contributed by atoms with Gasteiger partial charge in [0.1, 0.15) is 5.76 Å². The Bertz CT molecular complexity index is 884. The molecule has 0 aromatic carbocycles. The van der Waals surface area contributed by atoms with Crippen molar-refractivity contribution in [2.24, 2.45) is 11.8 Å². The fourth-order valence-corrected chi connectivity index (χ4v) is 5.53. The van der Waals surface area contributed by atoms with Crippen molar-refractivity contribution in [1.82, 2.24) is 15.4 Å². The first-order chi connectivity index (χ1) is 13.5. The van der Waals surface area contributed by atoms with Gasteiger partial charge in [0, 0.05) is 49.1 Å². The number of likely N-dealkylation sites (tertiary alicyclic amines) is 1. The summed E-state index contributed by atoms with van der Waals surface area (Å²) in [5.41, 5.74) is 2.96. The molecule has 7 heteroatoms. The van der Waals surface area contributed by atoms with E-state index in [0.29, 0.717) is 24.1 Å². The zero-order valence-corrected chi connectivity index (χ0v) is 16.7. The van der Waals surface area contributed by atoms with Crippen molar-refractivity contribution >= 4 is 5.91 Å². The van der Waals surface area contributed by atoms with E-state index in [9.17, 15) is 4.79 Å². The van der Waals surface area contributed by atoms with Crippen LogP contribution < -0.4 is 5.32 Å². The molecular formula is C21H27N3O4. The van der Waals surface area contributed by atoms with Crippen molar-refractivity contribution in [3.8, 4) is 0 Å². The van der Waals surface area contributed by atoms with E-state index in [2.05, 4.69) is 15.4 Å². The number of nitrogens with one attached hydrogen (secondary N) is 1. The number of hydrogen-bond donors (Lipinski definition) is 1. The maximum Gasteiger partial charge on any atom is 0.287 e. The minimum Gasteiger partial charge on any atom is -0.459 e. The molecule has 3 saturated heterocycles. The van der Waals surface area contributed by atoms with Crippen molar-refractivity contribution in [2.75, 3.05) is 19.6 Å². The van der Waals surface area contributed by atoms with Gasteiger partial charge in [-0.05, 0) is 39.7 Å². The van der Waals surface area contributed by atoms with Crippen molar-refractivity contribution in [1.29, 1.82) is 0 Å². The molecule has 0 aliphatic carbocycles. The number of fused-ring (bicyclic) bond motifs is 1. The van der Waals surface area contributed by atoms with Crippen LogP contribution >= 0.6 is 0 Å². The van der Waals surface area contributed by atoms with Crippen LogP contribution in [0.5, 0.6) is 0 Å². The number of rotatable bonds is 5. The van der Waals surface area contributed by atoms with Gasteiger partial charge >= 0.3 is 0 Å². The minimum atomic E-state index is -0.134. The highest BCUT2D eigenvalue weighted by molar-refractivity contribution is 5.92. The molecule has 28 heavy (non-hydrogen) atoms. The van der Waals surface area contributed by atoms with E-state index >= 15 is 0 Å². The van der Waals surface area contributed by atoms with Crippen LogP contribution in [-0.2, 0) is 11.3 Å². The number of hydrogen-bond acceptors (Lipinski definition) is 6. The number of nitrogens with zero attached hydrogens (tertiary/aromatic N) is 2. The second kappa shape index (κ2) is 6.46. The number of amides is 1. The van der Waals surface area contributed by atoms with E-state index < -0.39 is 0 Å². The molecular weight excluding hydrogens is 358 g/mol. The van der Waals surface area contributed by atoms with Crippen LogP contribution in [0.2, 0.25) is 0 Å². The zero-order chi connectivity index (χ0) is 19.5. The normalized spacial score (nSPS) is 31.5. The van der Waals surface area contributed by atoms with Crippen LogP contribution in [0.25, 0.3) is 0 Å². The van der Waals surface area contributed by atoms with Crippen LogP contribution in [-0.4, -0.2) is 47.3 Å². The van der Waals surface area contributed by atoms with Crippen LogP contribution in [0.3, 0.4) is 0 Å². The lowest BCUT2D eigenvalue weighted by atomic mass is 9.73. The minimum absolute atomic E-state index is 0.0559. The third kappa shape index (κ3) is 2.71. The van der Waals surface area contributed by atoms with Crippen molar-refractivity contribution in [2.45, 2.75) is 51.9 Å². The molecule has 4 atom stereocenters. The second-order valence-electron chi connectivity index (χ2n) is 8.65. The Morgan fingerprint density at radius 3 is 2.96 bits per heavy atom. The van der Waals surface area contributed by atoms with Crippen LogP contribution in [0.1, 0.15) is 46.0 Å². The lowest BCUT2D eigenvalue weighted by molar-refractivity contribution is 0.00207. The number of ether oxygens (including phenoxy) is 1. The van der Waals surface area contributed by atoms with E-state index in [0.717, 1.165) is 49.5 Å². The first-order valence-corrected chi connectivity index (χ1v) is 10.1. The van der Waals surface area contributed by atoms with Gasteiger partial charge in [0.05, 0.1) is 23.7 Å². The Balaban J connectivity index is 1.27. The predicted octanol–water partition coefficient (Wildman–Crippen LogP) is 2.60. The Hall–Kier alpha value is -2.12. The van der Waals surface area contributed by atoms with Gasteiger partial charge in [0.25, 0.3) is 5.91 Å². The van der Waals surface area contributed by atoms with E-state index in [1.807, 2.05) is 26.8 Å². The van der Waals surface area contributed by atoms with Gasteiger partial charge in [-0.2, -0.15) is 0 Å². The molecule has 5 rings (SSSR count). The number of carbonyl (C=O) groups is 1. The summed E-state index contributed by atoms with van der Waals surface area (Å²) in [7, 11) is 0. The molecule has 2 aromatic heterocycles. The Labute approximate surface area is 164 Å². The summed E-state index contributed by atoms with van der Waals surface area (Å²) >= 11 is 0. The number of furan rings is 1. The maximum absolute atomic E-state index is 12.5. The average molecular weight is 385 g/mol.